The van der Waals surface area contributed by atoms with E-state index in [1.165, 1.54) is 33.0 Å². The maximum absolute atomic E-state index is 2.33. The fraction of sp³-hybridized carbons (Fsp3) is 0.0556. The summed E-state index contributed by atoms with van der Waals surface area (Å²) in [6.07, 6.45) is 3.38. The topological polar surface area (TPSA) is 0 Å². The van der Waals surface area contributed by atoms with Crippen LogP contribution >= 0.6 is 0 Å². The second-order valence-electron chi connectivity index (χ2n) is 4.88. The van der Waals surface area contributed by atoms with Crippen LogP contribution < -0.4 is 0 Å². The van der Waals surface area contributed by atoms with Crippen LogP contribution in [0.2, 0.25) is 0 Å². The summed E-state index contributed by atoms with van der Waals surface area (Å²) in [5.74, 6) is 0. The first-order valence-corrected chi connectivity index (χ1v) is 6.35. The second kappa shape index (κ2) is 5.11. The molecule has 0 spiro atoms. The zero-order valence-electron chi connectivity index (χ0n) is 10.6. The van der Waals surface area contributed by atoms with Crippen LogP contribution in [-0.2, 0) is 39.1 Å². The molecule has 0 fully saturated rings. The molecule has 0 bridgehead atoms. The van der Waals surface area contributed by atoms with Crippen molar-refractivity contribution in [3.8, 4) is 0 Å². The van der Waals surface area contributed by atoms with E-state index in [1.807, 2.05) is 0 Å². The van der Waals surface area contributed by atoms with Gasteiger partial charge in [-0.15, -0.1) is 34.7 Å². The Morgan fingerprint density at radius 3 is 2.47 bits per heavy atom. The number of benzene rings is 3. The summed E-state index contributed by atoms with van der Waals surface area (Å²) in [6.45, 7) is 0. The van der Waals surface area contributed by atoms with Crippen molar-refractivity contribution in [1.82, 2.24) is 0 Å². The molecule has 4 rings (SSSR count). The van der Waals surface area contributed by atoms with Gasteiger partial charge in [-0.1, -0.05) is 71.8 Å². The molecule has 1 heteroatoms. The summed E-state index contributed by atoms with van der Waals surface area (Å²) in [6, 6.07) is 21.8. The molecule has 1 aliphatic carbocycles. The van der Waals surface area contributed by atoms with Crippen LogP contribution in [0, 0.1) is 6.42 Å². The third-order valence-corrected chi connectivity index (χ3v) is 3.80. The predicted molar refractivity (Wildman–Crippen MR) is 75.7 cm³/mol. The summed E-state index contributed by atoms with van der Waals surface area (Å²) in [5.41, 5.74) is 5.63. The Morgan fingerprint density at radius 2 is 1.53 bits per heavy atom. The average Bonchev–Trinajstić information content (AvgIpc) is 2.45. The van der Waals surface area contributed by atoms with E-state index in [9.17, 15) is 0 Å². The molecule has 89 valence electrons. The van der Waals surface area contributed by atoms with Gasteiger partial charge in [0.1, 0.15) is 0 Å². The van der Waals surface area contributed by atoms with Gasteiger partial charge in [-0.05, 0) is 0 Å². The molecule has 0 atom stereocenters. The van der Waals surface area contributed by atoms with Crippen LogP contribution in [0.25, 0.3) is 10.8 Å². The Balaban J connectivity index is 0.00000110. The number of hydrogen-bond acceptors (Lipinski definition) is 0. The molecule has 1 aliphatic rings. The van der Waals surface area contributed by atoms with E-state index in [1.54, 1.807) is 0 Å². The van der Waals surface area contributed by atoms with E-state index in [-0.39, 0.29) is 32.7 Å². The monoisotopic (exact) mass is 318 g/mol. The normalized spacial score (nSPS) is 12.0. The Labute approximate surface area is 138 Å². The fourth-order valence-corrected chi connectivity index (χ4v) is 2.86. The van der Waals surface area contributed by atoms with E-state index in [0.29, 0.717) is 0 Å². The van der Waals surface area contributed by atoms with Gasteiger partial charge >= 0.3 is 0 Å². The van der Waals surface area contributed by atoms with Crippen molar-refractivity contribution in [3.63, 3.8) is 0 Å². The van der Waals surface area contributed by atoms with Crippen molar-refractivity contribution in [1.29, 1.82) is 0 Å². The standard InChI is InChI=1S/C18H13.Y/c1-2-7-15-12-18-16(11-14(15)6-1)10-9-13-5-3-4-8-17(13)18;/h1-10,12H,11H2;/q-1;. The minimum Gasteiger partial charge on any atom is -0.125 e. The zero-order valence-corrected chi connectivity index (χ0v) is 13.5. The van der Waals surface area contributed by atoms with Gasteiger partial charge in [0, 0.05) is 32.7 Å². The van der Waals surface area contributed by atoms with Gasteiger partial charge in [0.2, 0.25) is 0 Å². The summed E-state index contributed by atoms with van der Waals surface area (Å²) in [5, 5.41) is 2.69. The fourth-order valence-electron chi connectivity index (χ4n) is 2.86. The summed E-state index contributed by atoms with van der Waals surface area (Å²) in [7, 11) is 0. The molecule has 1 radical (unpaired) electrons. The minimum absolute atomic E-state index is 0. The van der Waals surface area contributed by atoms with Gasteiger partial charge in [0.15, 0.2) is 0 Å². The van der Waals surface area contributed by atoms with Gasteiger partial charge in [-0.2, -0.15) is 0 Å². The molecule has 0 saturated carbocycles. The molecule has 0 aliphatic heterocycles. The molecule has 0 unspecified atom stereocenters. The Morgan fingerprint density at radius 1 is 0.737 bits per heavy atom. The Bertz CT molecular complexity index is 744. The molecule has 0 N–H and O–H groups in total. The van der Waals surface area contributed by atoms with E-state index < -0.39 is 0 Å². The first kappa shape index (κ1) is 12.9. The van der Waals surface area contributed by atoms with Gasteiger partial charge in [-0.3, -0.25) is 0 Å². The molecule has 0 heterocycles. The van der Waals surface area contributed by atoms with Crippen LogP contribution in [-0.4, -0.2) is 0 Å². The second-order valence-corrected chi connectivity index (χ2v) is 4.88. The zero-order chi connectivity index (χ0) is 11.9. The van der Waals surface area contributed by atoms with Crippen LogP contribution in [0.4, 0.5) is 0 Å². The number of hydrogen-bond donors (Lipinski definition) is 0. The van der Waals surface area contributed by atoms with Crippen molar-refractivity contribution in [2.75, 3.05) is 0 Å². The summed E-state index contributed by atoms with van der Waals surface area (Å²) >= 11 is 0. The maximum Gasteiger partial charge on any atom is 0 e. The molecule has 0 saturated heterocycles. The van der Waals surface area contributed by atoms with Crippen molar-refractivity contribution in [3.05, 3.63) is 89.3 Å². The molecular weight excluding hydrogens is 305 g/mol. The summed E-state index contributed by atoms with van der Waals surface area (Å²) in [4.78, 5) is 0. The van der Waals surface area contributed by atoms with Gasteiger partial charge in [0.05, 0.1) is 0 Å². The van der Waals surface area contributed by atoms with Crippen molar-refractivity contribution in [2.24, 2.45) is 0 Å². The largest absolute Gasteiger partial charge is 0.125 e. The van der Waals surface area contributed by atoms with E-state index >= 15 is 0 Å². The number of rotatable bonds is 0. The summed E-state index contributed by atoms with van der Waals surface area (Å²) < 4.78 is 0. The van der Waals surface area contributed by atoms with E-state index in [4.69, 9.17) is 0 Å². The smallest absolute Gasteiger partial charge is 0 e. The maximum atomic E-state index is 2.33. The molecular formula is C18H13Y-. The van der Waals surface area contributed by atoms with Crippen LogP contribution in [0.15, 0.2) is 60.7 Å². The number of fused-ring (bicyclic) bond motifs is 4. The van der Waals surface area contributed by atoms with Gasteiger partial charge in [-0.25, -0.2) is 0 Å². The van der Waals surface area contributed by atoms with Crippen molar-refractivity contribution in [2.45, 2.75) is 6.42 Å². The third-order valence-electron chi connectivity index (χ3n) is 3.80. The van der Waals surface area contributed by atoms with Crippen molar-refractivity contribution >= 4 is 10.8 Å². The van der Waals surface area contributed by atoms with Gasteiger partial charge in [0.25, 0.3) is 0 Å². The van der Waals surface area contributed by atoms with Crippen LogP contribution in [0.5, 0.6) is 0 Å². The first-order valence-electron chi connectivity index (χ1n) is 6.35. The molecule has 3 aromatic carbocycles. The van der Waals surface area contributed by atoms with E-state index in [0.717, 1.165) is 6.42 Å². The quantitative estimate of drug-likeness (QED) is 0.423. The molecule has 3 aromatic rings. The first-order chi connectivity index (χ1) is 8.92. The molecule has 0 aromatic heterocycles. The Hall–Kier alpha value is -1.11. The molecule has 0 amide bonds. The molecule has 0 nitrogen and oxygen atoms in total. The van der Waals surface area contributed by atoms with Gasteiger partial charge < -0.3 is 0 Å². The van der Waals surface area contributed by atoms with Crippen LogP contribution in [0.1, 0.15) is 22.3 Å². The predicted octanol–water partition coefficient (Wildman–Crippen LogP) is 4.34. The average molecular weight is 318 g/mol. The third kappa shape index (κ3) is 2.14. The van der Waals surface area contributed by atoms with Crippen LogP contribution in [0.3, 0.4) is 0 Å². The van der Waals surface area contributed by atoms with E-state index in [2.05, 4.69) is 67.1 Å². The Kier molecular flexibility index (Phi) is 3.47. The SMILES string of the molecule is [Y].c1ccc2c(c1)[CH-]c1c(ccc3ccccc13)C2. The minimum atomic E-state index is 0. The van der Waals surface area contributed by atoms with Crippen molar-refractivity contribution < 1.29 is 32.7 Å². The molecule has 19 heavy (non-hydrogen) atoms.